The summed E-state index contributed by atoms with van der Waals surface area (Å²) >= 11 is 5.89. The lowest BCUT2D eigenvalue weighted by Crippen LogP contribution is -2.28. The molecule has 3 aromatic rings. The Hall–Kier alpha value is -4.49. The van der Waals surface area contributed by atoms with Gasteiger partial charge in [0.05, 0.1) is 30.3 Å². The molecule has 2 aromatic carbocycles. The number of anilines is 1. The van der Waals surface area contributed by atoms with Crippen molar-refractivity contribution in [2.75, 3.05) is 19.0 Å². The van der Waals surface area contributed by atoms with Crippen LogP contribution in [-0.4, -0.2) is 41.3 Å². The molecule has 0 radical (unpaired) electrons. The zero-order valence-corrected chi connectivity index (χ0v) is 23.4. The number of nitriles is 1. The first-order valence-electron chi connectivity index (χ1n) is 13.1. The lowest BCUT2D eigenvalue weighted by atomic mass is 10.0. The van der Waals surface area contributed by atoms with E-state index in [0.717, 1.165) is 36.6 Å². The Kier molecular flexibility index (Phi) is 9.53. The van der Waals surface area contributed by atoms with Gasteiger partial charge >= 0.3 is 5.97 Å². The number of halogens is 2. The molecule has 11 heteroatoms. The van der Waals surface area contributed by atoms with Crippen LogP contribution >= 0.6 is 11.6 Å². The van der Waals surface area contributed by atoms with Crippen LogP contribution in [0.1, 0.15) is 71.7 Å². The number of ketones is 1. The number of H-pyrrole nitrogens is 1. The molecular formula is C30H29ClFN5O4. The highest BCUT2D eigenvalue weighted by Crippen LogP contribution is 2.33. The van der Waals surface area contributed by atoms with Gasteiger partial charge in [-0.2, -0.15) is 5.26 Å². The van der Waals surface area contributed by atoms with Crippen molar-refractivity contribution in [1.82, 2.24) is 15.3 Å². The van der Waals surface area contributed by atoms with Crippen molar-refractivity contribution in [1.29, 1.82) is 5.26 Å². The van der Waals surface area contributed by atoms with Crippen LogP contribution in [0.15, 0.2) is 36.4 Å². The van der Waals surface area contributed by atoms with E-state index < -0.39 is 17.8 Å². The fourth-order valence-electron chi connectivity index (χ4n) is 4.70. The molecule has 1 aliphatic rings. The third kappa shape index (κ3) is 6.99. The van der Waals surface area contributed by atoms with Crippen LogP contribution < -0.4 is 10.6 Å². The van der Waals surface area contributed by atoms with Crippen LogP contribution in [0.5, 0.6) is 0 Å². The molecule has 1 aliphatic heterocycles. The maximum absolute atomic E-state index is 14.7. The second-order valence-electron chi connectivity index (χ2n) is 9.64. The Balaban J connectivity index is 1.65. The van der Waals surface area contributed by atoms with Gasteiger partial charge in [0.2, 0.25) is 5.91 Å². The number of carbonyl (C=O) groups excluding carboxylic acids is 3. The lowest BCUT2D eigenvalue weighted by Gasteiger charge is -2.18. The van der Waals surface area contributed by atoms with E-state index in [4.69, 9.17) is 16.3 Å². The molecule has 0 fully saturated rings. The smallest absolute Gasteiger partial charge is 0.309 e. The topological polar surface area (TPSA) is 137 Å². The number of aromatic nitrogens is 2. The number of nitrogens with zero attached hydrogens (tertiary/aromatic N) is 2. The van der Waals surface area contributed by atoms with Crippen LogP contribution in [0.4, 0.5) is 10.1 Å². The molecule has 0 spiro atoms. The summed E-state index contributed by atoms with van der Waals surface area (Å²) in [5.41, 5.74) is 2.89. The fraction of sp³-hybridized carbons (Fsp3) is 0.300. The number of amides is 1. The lowest BCUT2D eigenvalue weighted by molar-refractivity contribution is -0.139. The normalized spacial score (nSPS) is 15.0. The number of nitrogens with one attached hydrogen (secondary N) is 3. The minimum Gasteiger partial charge on any atom is -0.469 e. The maximum Gasteiger partial charge on any atom is 0.309 e. The van der Waals surface area contributed by atoms with E-state index in [9.17, 15) is 24.0 Å². The van der Waals surface area contributed by atoms with Gasteiger partial charge in [0.1, 0.15) is 17.7 Å². The summed E-state index contributed by atoms with van der Waals surface area (Å²) in [6.45, 7) is 1.97. The first-order valence-corrected chi connectivity index (χ1v) is 13.5. The van der Waals surface area contributed by atoms with Gasteiger partial charge in [-0.15, -0.1) is 0 Å². The molecule has 2 heterocycles. The molecule has 1 atom stereocenters. The van der Waals surface area contributed by atoms with E-state index >= 15 is 0 Å². The zero-order valence-electron chi connectivity index (χ0n) is 22.6. The summed E-state index contributed by atoms with van der Waals surface area (Å²) in [5, 5.41) is 16.0. The number of hydrogen-bond donors (Lipinski definition) is 3. The van der Waals surface area contributed by atoms with Gasteiger partial charge < -0.3 is 20.4 Å². The summed E-state index contributed by atoms with van der Waals surface area (Å²) in [6, 6.07) is 9.74. The Morgan fingerprint density at radius 1 is 1.24 bits per heavy atom. The molecule has 0 unspecified atom stereocenters. The van der Waals surface area contributed by atoms with Gasteiger partial charge in [-0.25, -0.2) is 9.37 Å². The molecule has 0 aliphatic carbocycles. The number of fused-ring (bicyclic) bond motifs is 4. The van der Waals surface area contributed by atoms with Crippen LogP contribution in [0.3, 0.4) is 0 Å². The number of esters is 1. The Labute approximate surface area is 241 Å². The molecule has 4 rings (SSSR count). The van der Waals surface area contributed by atoms with Crippen molar-refractivity contribution in [3.8, 4) is 17.3 Å². The number of rotatable bonds is 6. The van der Waals surface area contributed by atoms with E-state index in [1.165, 1.54) is 32.2 Å². The van der Waals surface area contributed by atoms with Crippen LogP contribution in [0.25, 0.3) is 17.3 Å². The summed E-state index contributed by atoms with van der Waals surface area (Å²) in [6.07, 6.45) is 5.51. The fourth-order valence-corrected chi connectivity index (χ4v) is 4.87. The molecule has 9 nitrogen and oxygen atoms in total. The van der Waals surface area contributed by atoms with Crippen LogP contribution in [-0.2, 0) is 20.7 Å². The first-order chi connectivity index (χ1) is 19.7. The maximum atomic E-state index is 14.7. The Morgan fingerprint density at radius 3 is 2.78 bits per heavy atom. The van der Waals surface area contributed by atoms with E-state index in [1.807, 2.05) is 12.1 Å². The quantitative estimate of drug-likeness (QED) is 0.199. The van der Waals surface area contributed by atoms with Gasteiger partial charge in [0.25, 0.3) is 0 Å². The molecule has 212 valence electrons. The summed E-state index contributed by atoms with van der Waals surface area (Å²) in [4.78, 5) is 44.4. The van der Waals surface area contributed by atoms with E-state index in [2.05, 4.69) is 26.7 Å². The largest absolute Gasteiger partial charge is 0.469 e. The number of benzene rings is 2. The zero-order chi connectivity index (χ0) is 29.5. The minimum atomic E-state index is -0.786. The van der Waals surface area contributed by atoms with Gasteiger partial charge in [-0.1, -0.05) is 36.6 Å². The van der Waals surface area contributed by atoms with E-state index in [-0.39, 0.29) is 40.0 Å². The summed E-state index contributed by atoms with van der Waals surface area (Å²) < 4.78 is 19.4. The number of Topliss-reactive ketones (excluding diaryl/α,β-unsaturated/α-hetero) is 1. The van der Waals surface area contributed by atoms with Crippen LogP contribution in [0, 0.1) is 17.1 Å². The number of ether oxygens (including phenoxy) is 1. The van der Waals surface area contributed by atoms with E-state index in [1.54, 1.807) is 6.07 Å². The molecule has 1 amide bonds. The number of methoxy groups -OCH3 is 1. The third-order valence-electron chi connectivity index (χ3n) is 6.80. The van der Waals surface area contributed by atoms with Gasteiger partial charge in [-0.3, -0.25) is 14.4 Å². The molecule has 0 saturated heterocycles. The second kappa shape index (κ2) is 13.2. The van der Waals surface area contributed by atoms with Crippen molar-refractivity contribution in [3.63, 3.8) is 0 Å². The van der Waals surface area contributed by atoms with Crippen molar-refractivity contribution in [2.24, 2.45) is 0 Å². The molecule has 3 N–H and O–H groups in total. The highest BCUT2D eigenvalue weighted by Gasteiger charge is 2.23. The molecule has 0 saturated carbocycles. The van der Waals surface area contributed by atoms with E-state index in [0.29, 0.717) is 30.0 Å². The number of imidazole rings is 1. The summed E-state index contributed by atoms with van der Waals surface area (Å²) in [7, 11) is 1.34. The highest BCUT2D eigenvalue weighted by atomic mass is 35.5. The molecule has 2 bridgehead atoms. The minimum absolute atomic E-state index is 0.0680. The standard InChI is InChI=1S/C30H29ClFN5O4/c1-17(38)19-9-11-22(31)28(32)20(19)10-12-26(39)35-23-6-4-3-5-13-34-24-14-18(15-27(40)41-2)7-8-21(24)29-25(16-33)36-30(23)37-29/h7-12,14,23,34H,3-6,13,15H2,1-2H3,(H,35,39)(H,36,37)/b12-10+/t23-/m0/s1. The average molecular weight is 578 g/mol. The van der Waals surface area contributed by atoms with Gasteiger partial charge in [-0.05, 0) is 49.6 Å². The molecule has 1 aromatic heterocycles. The number of carbonyl (C=O) groups is 3. The highest BCUT2D eigenvalue weighted by molar-refractivity contribution is 6.31. The first kappa shape index (κ1) is 29.5. The SMILES string of the molecule is COC(=O)Cc1ccc2c(c1)NCCCCC[C@H](NC(=O)/C=C/c1c(C(C)=O)ccc(Cl)c1F)c1nc(C#N)c-2[nH]1. The predicted molar refractivity (Wildman–Crippen MR) is 153 cm³/mol. The predicted octanol–water partition coefficient (Wildman–Crippen LogP) is 5.52. The average Bonchev–Trinajstić information content (AvgIpc) is 3.38. The number of aromatic amines is 1. The monoisotopic (exact) mass is 577 g/mol. The Morgan fingerprint density at radius 2 is 2.05 bits per heavy atom. The second-order valence-corrected chi connectivity index (χ2v) is 10.0. The molecular weight excluding hydrogens is 549 g/mol. The third-order valence-corrected chi connectivity index (χ3v) is 7.09. The van der Waals surface area contributed by atoms with Crippen molar-refractivity contribution >= 4 is 41.0 Å². The Bertz CT molecular complexity index is 1560. The molecule has 41 heavy (non-hydrogen) atoms. The summed E-state index contributed by atoms with van der Waals surface area (Å²) in [5.74, 6) is -1.63. The van der Waals surface area contributed by atoms with Crippen LogP contribution in [0.2, 0.25) is 5.02 Å². The van der Waals surface area contributed by atoms with Gasteiger partial charge in [0, 0.05) is 35.0 Å². The van der Waals surface area contributed by atoms with Crippen molar-refractivity contribution in [2.45, 2.75) is 45.1 Å². The number of hydrogen-bond acceptors (Lipinski definition) is 7. The van der Waals surface area contributed by atoms with Crippen molar-refractivity contribution in [3.05, 3.63) is 75.5 Å². The van der Waals surface area contributed by atoms with Crippen molar-refractivity contribution < 1.29 is 23.5 Å². The van der Waals surface area contributed by atoms with Gasteiger partial charge in [0.15, 0.2) is 11.5 Å².